The summed E-state index contributed by atoms with van der Waals surface area (Å²) in [6.45, 7) is 4.03. The third kappa shape index (κ3) is 2.10. The minimum Gasteiger partial charge on any atom is -0.238 e. The van der Waals surface area contributed by atoms with Crippen LogP contribution in [0, 0.1) is 0 Å². The molecule has 5 nitrogen and oxygen atoms in total. The van der Waals surface area contributed by atoms with Crippen molar-refractivity contribution in [2.45, 2.75) is 29.4 Å². The first-order chi connectivity index (χ1) is 6.75. The molecular weight excluding hydrogens is 218 g/mol. The van der Waals surface area contributed by atoms with Crippen molar-refractivity contribution in [1.29, 1.82) is 0 Å². The topological polar surface area (TPSA) is 56.5 Å². The summed E-state index contributed by atoms with van der Waals surface area (Å²) in [6.07, 6.45) is 1.76. The number of rotatable bonds is 3. The molecule has 0 N–H and O–H groups in total. The Labute approximate surface area is 89.5 Å². The Morgan fingerprint density at radius 2 is 2.36 bits per heavy atom. The average Bonchev–Trinajstić information content (AvgIpc) is 2.75. The van der Waals surface area contributed by atoms with Gasteiger partial charge in [0.25, 0.3) is 0 Å². The van der Waals surface area contributed by atoms with Gasteiger partial charge in [0.1, 0.15) is 0 Å². The molecule has 0 amide bonds. The first-order valence-electron chi connectivity index (χ1n) is 4.12. The van der Waals surface area contributed by atoms with E-state index in [4.69, 9.17) is 0 Å². The summed E-state index contributed by atoms with van der Waals surface area (Å²) < 4.78 is 0.938. The molecule has 14 heavy (non-hydrogen) atoms. The molecular formula is C7H9N5S2. The number of hydrogen-bond donors (Lipinski definition) is 0. The highest BCUT2D eigenvalue weighted by Crippen LogP contribution is 2.25. The van der Waals surface area contributed by atoms with Gasteiger partial charge in [-0.1, -0.05) is 0 Å². The molecule has 0 aromatic carbocycles. The minimum absolute atomic E-state index is 0.244. The van der Waals surface area contributed by atoms with Gasteiger partial charge in [0.15, 0.2) is 4.34 Å². The van der Waals surface area contributed by atoms with Crippen molar-refractivity contribution in [3.8, 4) is 0 Å². The van der Waals surface area contributed by atoms with Gasteiger partial charge in [-0.05, 0) is 30.8 Å². The lowest BCUT2D eigenvalue weighted by atomic mass is 10.4. The Morgan fingerprint density at radius 3 is 2.93 bits per heavy atom. The van der Waals surface area contributed by atoms with Gasteiger partial charge in [0, 0.05) is 11.6 Å². The zero-order chi connectivity index (χ0) is 9.97. The Morgan fingerprint density at radius 1 is 1.50 bits per heavy atom. The van der Waals surface area contributed by atoms with Gasteiger partial charge in [0.2, 0.25) is 5.16 Å². The van der Waals surface area contributed by atoms with E-state index in [1.54, 1.807) is 22.3 Å². The van der Waals surface area contributed by atoms with E-state index in [9.17, 15) is 0 Å². The fourth-order valence-electron chi connectivity index (χ4n) is 0.810. The third-order valence-corrected chi connectivity index (χ3v) is 3.19. The Hall–Kier alpha value is -0.950. The maximum atomic E-state index is 4.21. The molecule has 0 atom stereocenters. The summed E-state index contributed by atoms with van der Waals surface area (Å²) in [6, 6.07) is 0.244. The summed E-state index contributed by atoms with van der Waals surface area (Å²) in [5, 5.41) is 14.6. The Bertz CT molecular complexity index is 394. The van der Waals surface area contributed by atoms with Crippen molar-refractivity contribution in [2.75, 3.05) is 0 Å². The smallest absolute Gasteiger partial charge is 0.238 e. The summed E-state index contributed by atoms with van der Waals surface area (Å²) in [5.74, 6) is 0. The fraction of sp³-hybridized carbons (Fsp3) is 0.429. The van der Waals surface area contributed by atoms with Gasteiger partial charge >= 0.3 is 0 Å². The molecule has 2 rings (SSSR count). The van der Waals surface area contributed by atoms with Gasteiger partial charge in [-0.3, -0.25) is 0 Å². The zero-order valence-corrected chi connectivity index (χ0v) is 9.42. The van der Waals surface area contributed by atoms with Crippen LogP contribution in [-0.4, -0.2) is 25.2 Å². The van der Waals surface area contributed by atoms with Crippen LogP contribution in [0.1, 0.15) is 19.9 Å². The summed E-state index contributed by atoms with van der Waals surface area (Å²) in [7, 11) is 0. The van der Waals surface area contributed by atoms with Crippen molar-refractivity contribution >= 4 is 23.1 Å². The number of tetrazole rings is 1. The van der Waals surface area contributed by atoms with Crippen LogP contribution < -0.4 is 0 Å². The van der Waals surface area contributed by atoms with Crippen LogP contribution >= 0.6 is 23.1 Å². The molecule has 0 saturated carbocycles. The van der Waals surface area contributed by atoms with Crippen LogP contribution in [0.3, 0.4) is 0 Å². The molecule has 0 fully saturated rings. The fourth-order valence-corrected chi connectivity index (χ4v) is 2.22. The first kappa shape index (κ1) is 9.60. The monoisotopic (exact) mass is 227 g/mol. The van der Waals surface area contributed by atoms with Gasteiger partial charge in [-0.2, -0.15) is 4.80 Å². The lowest BCUT2D eigenvalue weighted by Gasteiger charge is -1.98. The summed E-state index contributed by atoms with van der Waals surface area (Å²) in [4.78, 5) is 5.72. The SMILES string of the molecule is CC(C)n1nnc(Sc2nccs2)n1. The Balaban J connectivity index is 2.11. The van der Waals surface area contributed by atoms with Crippen molar-refractivity contribution in [3.05, 3.63) is 11.6 Å². The standard InChI is InChI=1S/C7H9N5S2/c1-5(2)12-10-6(9-11-12)14-7-8-3-4-13-7/h3-5H,1-2H3. The van der Waals surface area contributed by atoms with Crippen LogP contribution in [0.2, 0.25) is 0 Å². The second kappa shape index (κ2) is 4.05. The molecule has 0 saturated heterocycles. The predicted octanol–water partition coefficient (Wildman–Crippen LogP) is 1.86. The molecule has 2 heterocycles. The van der Waals surface area contributed by atoms with Crippen LogP contribution in [-0.2, 0) is 0 Å². The lowest BCUT2D eigenvalue weighted by Crippen LogP contribution is -2.04. The first-order valence-corrected chi connectivity index (χ1v) is 5.82. The van der Waals surface area contributed by atoms with Crippen LogP contribution in [0.25, 0.3) is 0 Å². The predicted molar refractivity (Wildman–Crippen MR) is 54.4 cm³/mol. The number of aromatic nitrogens is 5. The highest BCUT2D eigenvalue weighted by molar-refractivity contribution is 8.00. The largest absolute Gasteiger partial charge is 0.238 e. The van der Waals surface area contributed by atoms with E-state index in [0.717, 1.165) is 4.34 Å². The molecule has 2 aromatic heterocycles. The van der Waals surface area contributed by atoms with Crippen LogP contribution in [0.4, 0.5) is 0 Å². The molecule has 7 heteroatoms. The van der Waals surface area contributed by atoms with Gasteiger partial charge in [-0.15, -0.1) is 21.5 Å². The molecule has 0 radical (unpaired) electrons. The van der Waals surface area contributed by atoms with E-state index in [-0.39, 0.29) is 6.04 Å². The third-order valence-electron chi connectivity index (χ3n) is 1.46. The summed E-state index contributed by atoms with van der Waals surface area (Å²) in [5.41, 5.74) is 0. The van der Waals surface area contributed by atoms with E-state index in [0.29, 0.717) is 5.16 Å². The quantitative estimate of drug-likeness (QED) is 0.801. The van der Waals surface area contributed by atoms with Crippen molar-refractivity contribution in [1.82, 2.24) is 25.2 Å². The molecule has 0 spiro atoms. The molecule has 0 bridgehead atoms. The number of nitrogens with zero attached hydrogens (tertiary/aromatic N) is 5. The maximum absolute atomic E-state index is 4.21. The van der Waals surface area contributed by atoms with E-state index in [1.807, 2.05) is 19.2 Å². The van der Waals surface area contributed by atoms with Gasteiger partial charge < -0.3 is 0 Å². The minimum atomic E-state index is 0.244. The number of hydrogen-bond acceptors (Lipinski definition) is 6. The van der Waals surface area contributed by atoms with Gasteiger partial charge in [0.05, 0.1) is 6.04 Å². The van der Waals surface area contributed by atoms with Crippen molar-refractivity contribution in [3.63, 3.8) is 0 Å². The maximum Gasteiger partial charge on any atom is 0.238 e. The van der Waals surface area contributed by atoms with Crippen LogP contribution in [0.5, 0.6) is 0 Å². The molecule has 74 valence electrons. The van der Waals surface area contributed by atoms with Crippen molar-refractivity contribution < 1.29 is 0 Å². The number of thiazole rings is 1. The molecule has 0 unspecified atom stereocenters. The molecule has 0 aliphatic rings. The Kier molecular flexibility index (Phi) is 2.78. The second-order valence-electron chi connectivity index (χ2n) is 2.89. The highest BCUT2D eigenvalue weighted by atomic mass is 32.2. The van der Waals surface area contributed by atoms with Gasteiger partial charge in [-0.25, -0.2) is 4.98 Å². The molecule has 2 aromatic rings. The zero-order valence-electron chi connectivity index (χ0n) is 7.78. The summed E-state index contributed by atoms with van der Waals surface area (Å²) >= 11 is 3.00. The van der Waals surface area contributed by atoms with E-state index < -0.39 is 0 Å². The normalized spacial score (nSPS) is 11.1. The average molecular weight is 227 g/mol. The van der Waals surface area contributed by atoms with E-state index in [2.05, 4.69) is 20.4 Å². The van der Waals surface area contributed by atoms with E-state index >= 15 is 0 Å². The van der Waals surface area contributed by atoms with Crippen molar-refractivity contribution in [2.24, 2.45) is 0 Å². The highest BCUT2D eigenvalue weighted by Gasteiger charge is 2.08. The molecule has 0 aliphatic heterocycles. The van der Waals surface area contributed by atoms with E-state index in [1.165, 1.54) is 11.8 Å². The second-order valence-corrected chi connectivity index (χ2v) is 5.00. The lowest BCUT2D eigenvalue weighted by molar-refractivity contribution is 0.452. The van der Waals surface area contributed by atoms with Crippen LogP contribution in [0.15, 0.2) is 21.1 Å². The molecule has 0 aliphatic carbocycles.